The Morgan fingerprint density at radius 3 is 2.31 bits per heavy atom. The van der Waals surface area contributed by atoms with Gasteiger partial charge in [-0.05, 0) is 37.1 Å². The van der Waals surface area contributed by atoms with Gasteiger partial charge in [-0.3, -0.25) is 19.9 Å². The molecule has 42 heavy (non-hydrogen) atoms. The number of hydrogen-bond donors (Lipinski definition) is 3. The third-order valence-electron chi connectivity index (χ3n) is 6.73. The van der Waals surface area contributed by atoms with Gasteiger partial charge in [-0.25, -0.2) is 4.79 Å². The Bertz CT molecular complexity index is 1520. The van der Waals surface area contributed by atoms with Crippen LogP contribution in [-0.4, -0.2) is 82.2 Å². The minimum Gasteiger partial charge on any atom is -0.475 e. The summed E-state index contributed by atoms with van der Waals surface area (Å²) in [5.74, 6) is -2.17. The summed E-state index contributed by atoms with van der Waals surface area (Å²) in [5.41, 5.74) is 3.27. The van der Waals surface area contributed by atoms with Crippen molar-refractivity contribution in [3.05, 3.63) is 63.8 Å². The van der Waals surface area contributed by atoms with Gasteiger partial charge in [0.2, 0.25) is 0 Å². The molecule has 0 saturated carbocycles. The Labute approximate surface area is 237 Å². The molecule has 0 bridgehead atoms. The number of nitro benzene ring substituents is 1. The normalized spacial score (nSPS) is 15.0. The molecule has 5 rings (SSSR count). The standard InChI is InChI=1S/C25H25N7O3.C2HF3O2/c26-16-20-15-23(29-24(20)30-9-5-27-6-10-30)17-3-4-28-22(14-17)18-11-19(13-21(12-18)32(34)35)25(33)31-7-1-2-8-31;3-2(4,5)1(6)7/h3-4,11-15,27,29H,1-2,5-10H2;(H,6,7). The molecule has 2 fully saturated rings. The van der Waals surface area contributed by atoms with Crippen LogP contribution in [0.5, 0.6) is 0 Å². The first-order chi connectivity index (χ1) is 20.0. The van der Waals surface area contributed by atoms with E-state index in [0.29, 0.717) is 29.9 Å². The number of anilines is 1. The maximum absolute atomic E-state index is 13.0. The van der Waals surface area contributed by atoms with Crippen LogP contribution in [0.1, 0.15) is 28.8 Å². The number of pyridine rings is 1. The molecule has 220 valence electrons. The number of nitrogens with zero attached hydrogens (tertiary/aromatic N) is 5. The van der Waals surface area contributed by atoms with E-state index in [2.05, 4.69) is 26.3 Å². The van der Waals surface area contributed by atoms with E-state index in [4.69, 9.17) is 9.90 Å². The number of aromatic nitrogens is 2. The molecular formula is C27H26F3N7O5. The van der Waals surface area contributed by atoms with E-state index in [0.717, 1.165) is 56.1 Å². The van der Waals surface area contributed by atoms with Crippen LogP contribution in [-0.2, 0) is 4.79 Å². The number of carbonyl (C=O) groups excluding carboxylic acids is 1. The number of hydrogen-bond acceptors (Lipinski definition) is 8. The van der Waals surface area contributed by atoms with Crippen molar-refractivity contribution in [2.75, 3.05) is 44.2 Å². The van der Waals surface area contributed by atoms with Crippen LogP contribution in [0.4, 0.5) is 24.7 Å². The van der Waals surface area contributed by atoms with Crippen LogP contribution in [0.2, 0.25) is 0 Å². The summed E-state index contributed by atoms with van der Waals surface area (Å²) < 4.78 is 31.7. The van der Waals surface area contributed by atoms with E-state index in [1.54, 1.807) is 17.2 Å². The highest BCUT2D eigenvalue weighted by Crippen LogP contribution is 2.31. The van der Waals surface area contributed by atoms with Crippen LogP contribution in [0.15, 0.2) is 42.6 Å². The van der Waals surface area contributed by atoms with Gasteiger partial charge in [0, 0.05) is 80.0 Å². The molecule has 1 aromatic carbocycles. The van der Waals surface area contributed by atoms with Gasteiger partial charge < -0.3 is 25.2 Å². The number of H-pyrrole nitrogens is 1. The number of nitro groups is 1. The number of carboxylic acids is 1. The summed E-state index contributed by atoms with van der Waals surface area (Å²) in [6, 6.07) is 12.2. The smallest absolute Gasteiger partial charge is 0.475 e. The summed E-state index contributed by atoms with van der Waals surface area (Å²) in [6.07, 6.45) is -1.58. The molecule has 1 amide bonds. The number of benzene rings is 1. The van der Waals surface area contributed by atoms with Gasteiger partial charge in [0.1, 0.15) is 11.9 Å². The summed E-state index contributed by atoms with van der Waals surface area (Å²) >= 11 is 0. The summed E-state index contributed by atoms with van der Waals surface area (Å²) in [7, 11) is 0. The zero-order valence-electron chi connectivity index (χ0n) is 22.1. The van der Waals surface area contributed by atoms with Crippen molar-refractivity contribution in [1.82, 2.24) is 20.2 Å². The Balaban J connectivity index is 0.000000517. The Morgan fingerprint density at radius 1 is 1.05 bits per heavy atom. The molecule has 0 spiro atoms. The zero-order valence-corrected chi connectivity index (χ0v) is 22.1. The third-order valence-corrected chi connectivity index (χ3v) is 6.73. The van der Waals surface area contributed by atoms with Gasteiger partial charge in [0.25, 0.3) is 11.6 Å². The first kappa shape index (κ1) is 30.0. The quantitative estimate of drug-likeness (QED) is 0.298. The van der Waals surface area contributed by atoms with Crippen LogP contribution in [0.25, 0.3) is 22.5 Å². The third kappa shape index (κ3) is 7.02. The number of aliphatic carboxylic acids is 1. The molecule has 12 nitrogen and oxygen atoms in total. The number of piperazine rings is 1. The number of likely N-dealkylation sites (tertiary alicyclic amines) is 1. The fourth-order valence-corrected chi connectivity index (χ4v) is 4.67. The Kier molecular flexibility index (Phi) is 9.06. The van der Waals surface area contributed by atoms with Crippen molar-refractivity contribution in [2.24, 2.45) is 0 Å². The van der Waals surface area contributed by atoms with E-state index in [1.807, 2.05) is 18.2 Å². The van der Waals surface area contributed by atoms with E-state index < -0.39 is 17.1 Å². The number of non-ortho nitro benzene ring substituents is 1. The van der Waals surface area contributed by atoms with Gasteiger partial charge in [0.05, 0.1) is 16.2 Å². The minimum atomic E-state index is -5.08. The highest BCUT2D eigenvalue weighted by Gasteiger charge is 2.38. The van der Waals surface area contributed by atoms with E-state index in [9.17, 15) is 33.3 Å². The molecule has 0 unspecified atom stereocenters. The van der Waals surface area contributed by atoms with Crippen LogP contribution in [0, 0.1) is 21.4 Å². The number of nitriles is 1. The lowest BCUT2D eigenvalue weighted by Gasteiger charge is -2.28. The molecule has 2 aliphatic rings. The summed E-state index contributed by atoms with van der Waals surface area (Å²) in [6.45, 7) is 4.63. The number of carbonyl (C=O) groups is 2. The molecule has 4 heterocycles. The van der Waals surface area contributed by atoms with Gasteiger partial charge in [-0.2, -0.15) is 18.4 Å². The molecule has 2 saturated heterocycles. The molecular weight excluding hydrogens is 559 g/mol. The number of amides is 1. The second-order valence-electron chi connectivity index (χ2n) is 9.55. The van der Waals surface area contributed by atoms with Crippen LogP contribution >= 0.6 is 0 Å². The maximum Gasteiger partial charge on any atom is 0.490 e. The highest BCUT2D eigenvalue weighted by molar-refractivity contribution is 5.96. The SMILES string of the molecule is N#Cc1cc(-c2ccnc(-c3cc(C(=O)N4CCCC4)cc([N+](=O)[O-])c3)c2)[nH]c1N1CCNCC1.O=C(O)C(F)(F)F. The number of alkyl halides is 3. The van der Waals surface area contributed by atoms with Gasteiger partial charge >= 0.3 is 12.1 Å². The number of aromatic amines is 1. The van der Waals surface area contributed by atoms with Crippen molar-refractivity contribution >= 4 is 23.4 Å². The van der Waals surface area contributed by atoms with Crippen molar-refractivity contribution in [3.63, 3.8) is 0 Å². The van der Waals surface area contributed by atoms with E-state index in [1.165, 1.54) is 12.1 Å². The lowest BCUT2D eigenvalue weighted by molar-refractivity contribution is -0.384. The number of rotatable bonds is 5. The van der Waals surface area contributed by atoms with Crippen LogP contribution in [0.3, 0.4) is 0 Å². The van der Waals surface area contributed by atoms with Crippen molar-refractivity contribution in [3.8, 4) is 28.6 Å². The summed E-state index contributed by atoms with van der Waals surface area (Å²) in [4.78, 5) is 44.7. The average Bonchev–Trinajstić information content (AvgIpc) is 3.68. The largest absolute Gasteiger partial charge is 0.490 e. The molecule has 15 heteroatoms. The summed E-state index contributed by atoms with van der Waals surface area (Å²) in [5, 5.41) is 31.7. The molecule has 0 atom stereocenters. The Morgan fingerprint density at radius 2 is 1.71 bits per heavy atom. The molecule has 0 aliphatic carbocycles. The van der Waals surface area contributed by atoms with Gasteiger partial charge in [0.15, 0.2) is 0 Å². The van der Waals surface area contributed by atoms with Crippen LogP contribution < -0.4 is 10.2 Å². The lowest BCUT2D eigenvalue weighted by Crippen LogP contribution is -2.44. The second kappa shape index (κ2) is 12.7. The van der Waals surface area contributed by atoms with E-state index >= 15 is 0 Å². The number of nitrogens with one attached hydrogen (secondary N) is 2. The first-order valence-electron chi connectivity index (χ1n) is 12.9. The Hall–Kier alpha value is -4.97. The second-order valence-corrected chi connectivity index (χ2v) is 9.55. The maximum atomic E-state index is 13.0. The van der Waals surface area contributed by atoms with Crippen molar-refractivity contribution in [1.29, 1.82) is 5.26 Å². The zero-order chi connectivity index (χ0) is 30.4. The molecule has 3 N–H and O–H groups in total. The molecule has 0 radical (unpaired) electrons. The number of halogens is 3. The highest BCUT2D eigenvalue weighted by atomic mass is 19.4. The minimum absolute atomic E-state index is 0.148. The lowest BCUT2D eigenvalue weighted by atomic mass is 10.0. The predicted molar refractivity (Wildman–Crippen MR) is 145 cm³/mol. The topological polar surface area (TPSA) is 168 Å². The molecule has 3 aromatic rings. The number of carboxylic acid groups (broad SMARTS) is 1. The van der Waals surface area contributed by atoms with Gasteiger partial charge in [-0.15, -0.1) is 0 Å². The van der Waals surface area contributed by atoms with Gasteiger partial charge in [-0.1, -0.05) is 0 Å². The monoisotopic (exact) mass is 585 g/mol. The van der Waals surface area contributed by atoms with E-state index in [-0.39, 0.29) is 17.2 Å². The fourth-order valence-electron chi connectivity index (χ4n) is 4.67. The predicted octanol–water partition coefficient (Wildman–Crippen LogP) is 3.80. The average molecular weight is 586 g/mol. The van der Waals surface area contributed by atoms with Crippen molar-refractivity contribution < 1.29 is 32.8 Å². The molecule has 2 aliphatic heterocycles. The first-order valence-corrected chi connectivity index (χ1v) is 12.9. The van der Waals surface area contributed by atoms with Crippen molar-refractivity contribution in [2.45, 2.75) is 19.0 Å². The fraction of sp³-hybridized carbons (Fsp3) is 0.333. The molecule has 2 aromatic heterocycles.